The van der Waals surface area contributed by atoms with Crippen LogP contribution in [0.25, 0.3) is 0 Å². The highest BCUT2D eigenvalue weighted by molar-refractivity contribution is 7.09. The maximum absolute atomic E-state index is 10.6. The Balaban J connectivity index is 0.000000301. The molecule has 0 aliphatic carbocycles. The van der Waals surface area contributed by atoms with Gasteiger partial charge >= 0.3 is 24.3 Å². The fraction of sp³-hybridized carbons (Fsp3) is 0.545. The molecule has 0 bridgehead atoms. The summed E-state index contributed by atoms with van der Waals surface area (Å²) in [6.45, 7) is 7.91. The molecular formula is C22H26F6N4O5S. The smallest absolute Gasteiger partial charge is 0.475 e. The molecule has 0 atom stereocenters. The summed E-state index contributed by atoms with van der Waals surface area (Å²) in [6, 6.07) is 4.36. The Morgan fingerprint density at radius 2 is 1.55 bits per heavy atom. The van der Waals surface area contributed by atoms with Crippen molar-refractivity contribution in [3.63, 3.8) is 0 Å². The Morgan fingerprint density at radius 1 is 1.03 bits per heavy atom. The second-order valence-electron chi connectivity index (χ2n) is 8.47. The summed E-state index contributed by atoms with van der Waals surface area (Å²) in [6.07, 6.45) is -4.28. The number of aromatic nitrogens is 2. The first-order chi connectivity index (χ1) is 17.6. The van der Waals surface area contributed by atoms with Crippen LogP contribution in [0.2, 0.25) is 0 Å². The average molecular weight is 573 g/mol. The molecule has 38 heavy (non-hydrogen) atoms. The van der Waals surface area contributed by atoms with E-state index in [1.807, 2.05) is 30.7 Å². The molecule has 2 aromatic rings. The molecule has 212 valence electrons. The number of thiophene rings is 1. The monoisotopic (exact) mass is 572 g/mol. The Labute approximate surface area is 217 Å². The predicted molar refractivity (Wildman–Crippen MR) is 124 cm³/mol. The quantitative estimate of drug-likeness (QED) is 0.527. The number of carboxylic acids is 2. The van der Waals surface area contributed by atoms with Crippen LogP contribution in [-0.4, -0.2) is 87.8 Å². The van der Waals surface area contributed by atoms with Crippen LogP contribution in [0.1, 0.15) is 23.3 Å². The molecule has 2 saturated heterocycles. The van der Waals surface area contributed by atoms with Gasteiger partial charge in [0.2, 0.25) is 5.95 Å². The number of hydrogen-bond acceptors (Lipinski definition) is 8. The molecule has 0 amide bonds. The van der Waals surface area contributed by atoms with Crippen molar-refractivity contribution >= 4 is 29.2 Å². The number of ether oxygens (including phenoxy) is 1. The summed E-state index contributed by atoms with van der Waals surface area (Å²) in [7, 11) is 0. The lowest BCUT2D eigenvalue weighted by Gasteiger charge is -2.47. The van der Waals surface area contributed by atoms with E-state index in [-0.39, 0.29) is 5.60 Å². The van der Waals surface area contributed by atoms with Crippen molar-refractivity contribution in [1.29, 1.82) is 0 Å². The molecule has 0 radical (unpaired) electrons. The molecule has 0 aromatic carbocycles. The normalized spacial score (nSPS) is 17.6. The maximum atomic E-state index is 10.6. The Kier molecular flexibility index (Phi) is 10.8. The lowest BCUT2D eigenvalue weighted by atomic mass is 9.89. The second-order valence-corrected chi connectivity index (χ2v) is 9.51. The van der Waals surface area contributed by atoms with E-state index in [1.165, 1.54) is 4.88 Å². The van der Waals surface area contributed by atoms with Gasteiger partial charge in [0.15, 0.2) is 0 Å². The molecule has 1 spiro atoms. The zero-order chi connectivity index (χ0) is 28.6. The van der Waals surface area contributed by atoms with E-state index >= 15 is 0 Å². The molecule has 2 N–H and O–H groups in total. The number of aryl methyl sites for hydroxylation is 1. The van der Waals surface area contributed by atoms with Gasteiger partial charge in [-0.2, -0.15) is 26.3 Å². The predicted octanol–water partition coefficient (Wildman–Crippen LogP) is 3.98. The number of rotatable bonds is 3. The van der Waals surface area contributed by atoms with Crippen LogP contribution < -0.4 is 4.90 Å². The Bertz CT molecular complexity index is 1000. The molecule has 0 unspecified atom stereocenters. The van der Waals surface area contributed by atoms with E-state index in [1.54, 1.807) is 0 Å². The zero-order valence-corrected chi connectivity index (χ0v) is 20.9. The molecule has 2 aliphatic rings. The SMILES string of the molecule is Cc1cnc(N2CCC3(CC2)CN(Cc2cccs2)CCO3)nc1.O=C(O)C(F)(F)F.O=C(O)C(F)(F)F. The van der Waals surface area contributed by atoms with Gasteiger partial charge in [-0.25, -0.2) is 19.6 Å². The fourth-order valence-corrected chi connectivity index (χ4v) is 4.39. The first kappa shape index (κ1) is 31.2. The van der Waals surface area contributed by atoms with E-state index in [0.717, 1.165) is 63.7 Å². The highest BCUT2D eigenvalue weighted by Gasteiger charge is 2.40. The Morgan fingerprint density at radius 3 is 2.00 bits per heavy atom. The van der Waals surface area contributed by atoms with Crippen LogP contribution in [0, 0.1) is 6.92 Å². The third-order valence-electron chi connectivity index (χ3n) is 5.50. The number of carboxylic acid groups (broad SMARTS) is 2. The topological polar surface area (TPSA) is 116 Å². The molecular weight excluding hydrogens is 546 g/mol. The highest BCUT2D eigenvalue weighted by atomic mass is 32.1. The van der Waals surface area contributed by atoms with Gasteiger partial charge in [0, 0.05) is 50.0 Å². The largest absolute Gasteiger partial charge is 0.490 e. The third kappa shape index (κ3) is 10.1. The number of alkyl halides is 6. The van der Waals surface area contributed by atoms with Gasteiger partial charge in [0.05, 0.1) is 12.2 Å². The lowest BCUT2D eigenvalue weighted by molar-refractivity contribution is -0.193. The van der Waals surface area contributed by atoms with Crippen molar-refractivity contribution in [1.82, 2.24) is 14.9 Å². The minimum Gasteiger partial charge on any atom is -0.475 e. The molecule has 16 heteroatoms. The van der Waals surface area contributed by atoms with Crippen molar-refractivity contribution in [2.24, 2.45) is 0 Å². The average Bonchev–Trinajstić information content (AvgIpc) is 3.33. The Hall–Kier alpha value is -2.98. The van der Waals surface area contributed by atoms with Crippen molar-refractivity contribution in [3.8, 4) is 0 Å². The standard InChI is InChI=1S/C18H24N4OS.2C2HF3O2/c1-15-11-19-17(20-12-15)22-6-4-18(5-7-22)14-21(8-9-23-18)13-16-3-2-10-24-16;2*3-2(4,5)1(6)7/h2-3,10-12H,4-9,13-14H2,1H3;2*(H,6,7). The van der Waals surface area contributed by atoms with E-state index in [2.05, 4.69) is 37.3 Å². The van der Waals surface area contributed by atoms with Crippen molar-refractivity contribution in [3.05, 3.63) is 40.3 Å². The number of carbonyl (C=O) groups is 2. The van der Waals surface area contributed by atoms with E-state index < -0.39 is 24.3 Å². The minimum atomic E-state index is -5.08. The number of aliphatic carboxylic acids is 2. The second kappa shape index (κ2) is 13.2. The zero-order valence-electron chi connectivity index (χ0n) is 20.1. The van der Waals surface area contributed by atoms with Crippen molar-refractivity contribution in [2.75, 3.05) is 37.7 Å². The third-order valence-corrected chi connectivity index (χ3v) is 6.36. The number of halogens is 6. The minimum absolute atomic E-state index is 0.0106. The number of piperidine rings is 1. The van der Waals surface area contributed by atoms with E-state index in [4.69, 9.17) is 24.5 Å². The molecule has 4 heterocycles. The molecule has 2 aromatic heterocycles. The molecule has 2 aliphatic heterocycles. The van der Waals surface area contributed by atoms with Gasteiger partial charge in [-0.1, -0.05) is 6.07 Å². The summed E-state index contributed by atoms with van der Waals surface area (Å²) in [5.74, 6) is -4.67. The van der Waals surface area contributed by atoms with Crippen molar-refractivity contribution < 1.29 is 50.9 Å². The lowest BCUT2D eigenvalue weighted by Crippen LogP contribution is -2.56. The number of hydrogen-bond donors (Lipinski definition) is 2. The molecule has 2 fully saturated rings. The van der Waals surface area contributed by atoms with E-state index in [9.17, 15) is 26.3 Å². The van der Waals surface area contributed by atoms with Crippen LogP contribution in [-0.2, 0) is 20.9 Å². The van der Waals surface area contributed by atoms with Gasteiger partial charge in [-0.15, -0.1) is 11.3 Å². The van der Waals surface area contributed by atoms with Crippen LogP contribution in [0.3, 0.4) is 0 Å². The van der Waals surface area contributed by atoms with Crippen LogP contribution in [0.4, 0.5) is 32.3 Å². The van der Waals surface area contributed by atoms with Gasteiger partial charge in [-0.05, 0) is 36.8 Å². The van der Waals surface area contributed by atoms with Gasteiger partial charge in [0.1, 0.15) is 0 Å². The van der Waals surface area contributed by atoms with Crippen LogP contribution >= 0.6 is 11.3 Å². The molecule has 9 nitrogen and oxygen atoms in total. The first-order valence-corrected chi connectivity index (χ1v) is 12.0. The van der Waals surface area contributed by atoms with Gasteiger partial charge < -0.3 is 19.8 Å². The molecule has 4 rings (SSSR count). The number of anilines is 1. The van der Waals surface area contributed by atoms with Crippen LogP contribution in [0.15, 0.2) is 29.9 Å². The summed E-state index contributed by atoms with van der Waals surface area (Å²) in [4.78, 5) is 33.0. The van der Waals surface area contributed by atoms with Crippen molar-refractivity contribution in [2.45, 2.75) is 44.3 Å². The number of morpholine rings is 1. The van der Waals surface area contributed by atoms with E-state index in [0.29, 0.717) is 0 Å². The highest BCUT2D eigenvalue weighted by Crippen LogP contribution is 2.32. The van der Waals surface area contributed by atoms with Gasteiger partial charge in [-0.3, -0.25) is 4.90 Å². The first-order valence-electron chi connectivity index (χ1n) is 11.1. The summed E-state index contributed by atoms with van der Waals surface area (Å²) in [5.41, 5.74) is 1.11. The molecule has 0 saturated carbocycles. The fourth-order valence-electron chi connectivity index (χ4n) is 3.65. The summed E-state index contributed by atoms with van der Waals surface area (Å²) < 4.78 is 69.7. The maximum Gasteiger partial charge on any atom is 0.490 e. The summed E-state index contributed by atoms with van der Waals surface area (Å²) >= 11 is 1.84. The number of nitrogens with zero attached hydrogens (tertiary/aromatic N) is 4. The van der Waals surface area contributed by atoms with Crippen LogP contribution in [0.5, 0.6) is 0 Å². The van der Waals surface area contributed by atoms with Gasteiger partial charge in [0.25, 0.3) is 0 Å². The summed E-state index contributed by atoms with van der Waals surface area (Å²) in [5, 5.41) is 16.4.